The number of hydrogen-bond acceptors (Lipinski definition) is 5. The van der Waals surface area contributed by atoms with E-state index in [1.54, 1.807) is 11.0 Å². The Labute approximate surface area is 191 Å². The molecule has 0 spiro atoms. The molecule has 7 nitrogen and oxygen atoms in total. The lowest BCUT2D eigenvalue weighted by atomic mass is 10.1. The molecular weight excluding hydrogens is 447 g/mol. The van der Waals surface area contributed by atoms with Gasteiger partial charge < -0.3 is 14.4 Å². The van der Waals surface area contributed by atoms with Crippen molar-refractivity contribution in [2.24, 2.45) is 0 Å². The minimum atomic E-state index is -3.96. The standard InChI is InChI=1S/C24H23FN2O5S/c1-2-27(16-17-6-11-22-23(14-17)32-13-12-31-22)24(28)18-4-3-5-21(15-18)33(29,30)26-20-9-7-19(25)8-10-20/h3-11,14-15,26H,2,12-13,16H2,1H3. The Morgan fingerprint density at radius 1 is 1.00 bits per heavy atom. The average molecular weight is 471 g/mol. The highest BCUT2D eigenvalue weighted by atomic mass is 32.2. The number of carbonyl (C=O) groups excluding carboxylic acids is 1. The van der Waals surface area contributed by atoms with E-state index >= 15 is 0 Å². The van der Waals surface area contributed by atoms with Crippen LogP contribution in [0.3, 0.4) is 0 Å². The lowest BCUT2D eigenvalue weighted by Crippen LogP contribution is -2.30. The van der Waals surface area contributed by atoms with E-state index in [1.807, 2.05) is 25.1 Å². The van der Waals surface area contributed by atoms with Crippen LogP contribution in [-0.2, 0) is 16.6 Å². The Hall–Kier alpha value is -3.59. The average Bonchev–Trinajstić information content (AvgIpc) is 2.83. The van der Waals surface area contributed by atoms with Crippen molar-refractivity contribution in [1.82, 2.24) is 4.90 Å². The summed E-state index contributed by atoms with van der Waals surface area (Å²) in [4.78, 5) is 14.7. The number of halogens is 1. The van der Waals surface area contributed by atoms with Gasteiger partial charge in [-0.05, 0) is 67.1 Å². The van der Waals surface area contributed by atoms with Crippen molar-refractivity contribution in [3.63, 3.8) is 0 Å². The second-order valence-corrected chi connectivity index (χ2v) is 9.12. The van der Waals surface area contributed by atoms with Gasteiger partial charge in [-0.2, -0.15) is 0 Å². The van der Waals surface area contributed by atoms with Gasteiger partial charge in [0.15, 0.2) is 11.5 Å². The van der Waals surface area contributed by atoms with Crippen LogP contribution in [-0.4, -0.2) is 39.0 Å². The van der Waals surface area contributed by atoms with Crippen molar-refractivity contribution in [3.05, 3.63) is 83.7 Å². The summed E-state index contributed by atoms with van der Waals surface area (Å²) in [6, 6.07) is 16.3. The summed E-state index contributed by atoms with van der Waals surface area (Å²) in [6.45, 7) is 3.59. The normalized spacial score (nSPS) is 12.8. The smallest absolute Gasteiger partial charge is 0.261 e. The van der Waals surface area contributed by atoms with Gasteiger partial charge in [-0.1, -0.05) is 12.1 Å². The zero-order chi connectivity index (χ0) is 23.4. The molecule has 1 heterocycles. The summed E-state index contributed by atoms with van der Waals surface area (Å²) in [5.74, 6) is 0.544. The number of amides is 1. The summed E-state index contributed by atoms with van der Waals surface area (Å²) in [5, 5.41) is 0. The van der Waals surface area contributed by atoms with Gasteiger partial charge in [0.1, 0.15) is 19.0 Å². The molecule has 0 atom stereocenters. The van der Waals surface area contributed by atoms with Gasteiger partial charge in [-0.15, -0.1) is 0 Å². The van der Waals surface area contributed by atoms with E-state index in [1.165, 1.54) is 30.3 Å². The van der Waals surface area contributed by atoms with Gasteiger partial charge >= 0.3 is 0 Å². The molecule has 0 unspecified atom stereocenters. The molecule has 0 fully saturated rings. The van der Waals surface area contributed by atoms with Crippen molar-refractivity contribution in [3.8, 4) is 11.5 Å². The number of nitrogens with zero attached hydrogens (tertiary/aromatic N) is 1. The highest BCUT2D eigenvalue weighted by Gasteiger charge is 2.20. The first-order chi connectivity index (χ1) is 15.9. The zero-order valence-electron chi connectivity index (χ0n) is 18.0. The Morgan fingerprint density at radius 3 is 2.45 bits per heavy atom. The molecule has 1 aliphatic rings. The van der Waals surface area contributed by atoms with E-state index in [0.717, 1.165) is 17.7 Å². The Kier molecular flexibility index (Phi) is 6.50. The van der Waals surface area contributed by atoms with Crippen LogP contribution in [0.15, 0.2) is 71.6 Å². The van der Waals surface area contributed by atoms with Crippen molar-refractivity contribution in [1.29, 1.82) is 0 Å². The van der Waals surface area contributed by atoms with Gasteiger partial charge in [0.05, 0.1) is 4.90 Å². The quantitative estimate of drug-likeness (QED) is 0.563. The van der Waals surface area contributed by atoms with Crippen molar-refractivity contribution in [2.45, 2.75) is 18.4 Å². The van der Waals surface area contributed by atoms with Crippen LogP contribution in [0.2, 0.25) is 0 Å². The number of benzene rings is 3. The van der Waals surface area contributed by atoms with Crippen LogP contribution in [0.25, 0.3) is 0 Å². The molecule has 0 saturated heterocycles. The number of ether oxygens (including phenoxy) is 2. The van der Waals surface area contributed by atoms with E-state index < -0.39 is 15.8 Å². The molecule has 0 aliphatic carbocycles. The van der Waals surface area contributed by atoms with Crippen LogP contribution in [0.4, 0.5) is 10.1 Å². The highest BCUT2D eigenvalue weighted by Crippen LogP contribution is 2.31. The molecule has 0 radical (unpaired) electrons. The SMILES string of the molecule is CCN(Cc1ccc2c(c1)OCCO2)C(=O)c1cccc(S(=O)(=O)Nc2ccc(F)cc2)c1. The predicted octanol–water partition coefficient (Wildman–Crippen LogP) is 4.06. The summed E-state index contributed by atoms with van der Waals surface area (Å²) in [7, 11) is -3.96. The summed E-state index contributed by atoms with van der Waals surface area (Å²) in [5.41, 5.74) is 1.34. The number of sulfonamides is 1. The first-order valence-corrected chi connectivity index (χ1v) is 11.9. The van der Waals surface area contributed by atoms with Crippen molar-refractivity contribution >= 4 is 21.6 Å². The fourth-order valence-electron chi connectivity index (χ4n) is 3.44. The van der Waals surface area contributed by atoms with Gasteiger partial charge in [0.25, 0.3) is 15.9 Å². The largest absolute Gasteiger partial charge is 0.486 e. The van der Waals surface area contributed by atoms with Crippen LogP contribution in [0, 0.1) is 5.82 Å². The number of fused-ring (bicyclic) bond motifs is 1. The van der Waals surface area contributed by atoms with E-state index in [2.05, 4.69) is 4.72 Å². The van der Waals surface area contributed by atoms with Crippen molar-refractivity contribution < 1.29 is 27.1 Å². The Morgan fingerprint density at radius 2 is 1.73 bits per heavy atom. The molecule has 33 heavy (non-hydrogen) atoms. The molecule has 9 heteroatoms. The first-order valence-electron chi connectivity index (χ1n) is 10.4. The minimum absolute atomic E-state index is 0.0620. The molecular formula is C24H23FN2O5S. The topological polar surface area (TPSA) is 84.9 Å². The van der Waals surface area contributed by atoms with Gasteiger partial charge in [0.2, 0.25) is 0 Å². The molecule has 0 aromatic heterocycles. The molecule has 0 saturated carbocycles. The van der Waals surface area contributed by atoms with E-state index in [0.29, 0.717) is 37.8 Å². The lowest BCUT2D eigenvalue weighted by Gasteiger charge is -2.23. The maximum absolute atomic E-state index is 13.2. The first kappa shape index (κ1) is 22.6. The third-order valence-electron chi connectivity index (χ3n) is 5.14. The van der Waals surface area contributed by atoms with Gasteiger partial charge in [0, 0.05) is 24.3 Å². The van der Waals surface area contributed by atoms with E-state index in [-0.39, 0.29) is 22.1 Å². The molecule has 172 valence electrons. The zero-order valence-corrected chi connectivity index (χ0v) is 18.8. The molecule has 4 rings (SSSR count). The fourth-order valence-corrected chi connectivity index (χ4v) is 4.55. The number of nitrogens with one attached hydrogen (secondary N) is 1. The molecule has 1 aliphatic heterocycles. The summed E-state index contributed by atoms with van der Waals surface area (Å²) < 4.78 is 52.2. The maximum Gasteiger partial charge on any atom is 0.261 e. The van der Waals surface area contributed by atoms with Crippen LogP contribution in [0.5, 0.6) is 11.5 Å². The highest BCUT2D eigenvalue weighted by molar-refractivity contribution is 7.92. The monoisotopic (exact) mass is 470 g/mol. The predicted molar refractivity (Wildman–Crippen MR) is 121 cm³/mol. The second-order valence-electron chi connectivity index (χ2n) is 7.44. The van der Waals surface area contributed by atoms with Crippen LogP contribution >= 0.6 is 0 Å². The number of rotatable bonds is 7. The molecule has 1 amide bonds. The third kappa shape index (κ3) is 5.25. The number of hydrogen-bond donors (Lipinski definition) is 1. The minimum Gasteiger partial charge on any atom is -0.486 e. The third-order valence-corrected chi connectivity index (χ3v) is 6.52. The maximum atomic E-state index is 13.2. The van der Waals surface area contributed by atoms with E-state index in [9.17, 15) is 17.6 Å². The van der Waals surface area contributed by atoms with Crippen molar-refractivity contribution in [2.75, 3.05) is 24.5 Å². The Balaban J connectivity index is 1.52. The lowest BCUT2D eigenvalue weighted by molar-refractivity contribution is 0.0752. The van der Waals surface area contributed by atoms with Gasteiger partial charge in [-0.3, -0.25) is 9.52 Å². The van der Waals surface area contributed by atoms with Crippen LogP contribution < -0.4 is 14.2 Å². The number of carbonyl (C=O) groups is 1. The fraction of sp³-hybridized carbons (Fsp3) is 0.208. The molecule has 0 bridgehead atoms. The van der Waals surface area contributed by atoms with Crippen LogP contribution in [0.1, 0.15) is 22.8 Å². The molecule has 3 aromatic rings. The second kappa shape index (κ2) is 9.50. The number of anilines is 1. The molecule has 1 N–H and O–H groups in total. The van der Waals surface area contributed by atoms with Gasteiger partial charge in [-0.25, -0.2) is 12.8 Å². The Bertz CT molecular complexity index is 1260. The van der Waals surface area contributed by atoms with E-state index in [4.69, 9.17) is 9.47 Å². The summed E-state index contributed by atoms with van der Waals surface area (Å²) in [6.07, 6.45) is 0. The molecule has 3 aromatic carbocycles. The summed E-state index contributed by atoms with van der Waals surface area (Å²) >= 11 is 0.